The van der Waals surface area contributed by atoms with Crippen LogP contribution in [0.15, 0.2) is 34.2 Å². The van der Waals surface area contributed by atoms with Gasteiger partial charge in [0.25, 0.3) is 11.2 Å². The van der Waals surface area contributed by atoms with Crippen LogP contribution in [0, 0.1) is 14.9 Å². The molecule has 0 fully saturated rings. The number of rotatable bonds is 4. The van der Waals surface area contributed by atoms with E-state index in [1.807, 2.05) is 0 Å². The predicted octanol–water partition coefficient (Wildman–Crippen LogP) is 1.49. The Labute approximate surface area is 122 Å². The number of non-ortho nitro benzene ring substituents is 1. The maximum atomic E-state index is 11.5. The summed E-state index contributed by atoms with van der Waals surface area (Å²) in [6.07, 6.45) is 1.07. The molecule has 2 rings (SSSR count). The molecule has 0 amide bonds. The zero-order valence-electron chi connectivity index (χ0n) is 10.4. The summed E-state index contributed by atoms with van der Waals surface area (Å²) in [6, 6.07) is 5.66. The smallest absolute Gasteiger partial charge is 0.271 e. The van der Waals surface area contributed by atoms with Gasteiger partial charge < -0.3 is 10.1 Å². The van der Waals surface area contributed by atoms with Crippen molar-refractivity contribution in [3.8, 4) is 5.88 Å². The highest BCUT2D eigenvalue weighted by Gasteiger charge is 2.06. The van der Waals surface area contributed by atoms with Crippen LogP contribution < -0.4 is 11.0 Å². The summed E-state index contributed by atoms with van der Waals surface area (Å²) < 4.78 is -0.0127. The van der Waals surface area contributed by atoms with Gasteiger partial charge in [0.05, 0.1) is 16.8 Å². The number of nitrogens with one attached hydrogen (secondary N) is 3. The Bertz CT molecular complexity index is 826. The van der Waals surface area contributed by atoms with Crippen LogP contribution in [0.3, 0.4) is 0 Å². The fraction of sp³-hybridized carbons (Fsp3) is 0. The lowest BCUT2D eigenvalue weighted by molar-refractivity contribution is -0.384. The fourth-order valence-corrected chi connectivity index (χ4v) is 1.65. The number of benzene rings is 1. The third-order valence-corrected chi connectivity index (χ3v) is 2.61. The molecule has 0 spiro atoms. The quantitative estimate of drug-likeness (QED) is 0.292. The van der Waals surface area contributed by atoms with Crippen molar-refractivity contribution in [3.05, 3.63) is 55.1 Å². The Kier molecular flexibility index (Phi) is 4.09. The molecule has 0 bridgehead atoms. The van der Waals surface area contributed by atoms with E-state index in [2.05, 4.69) is 32.7 Å². The Balaban J connectivity index is 2.20. The van der Waals surface area contributed by atoms with Crippen LogP contribution in [0.1, 0.15) is 5.56 Å². The SMILES string of the molecule is O=c1[nH]c(=S)[nH]c(O)c1C=NNc1cccc([N+](=O)[O-])c1. The van der Waals surface area contributed by atoms with Crippen molar-refractivity contribution in [1.82, 2.24) is 9.97 Å². The fourth-order valence-electron chi connectivity index (χ4n) is 1.46. The minimum Gasteiger partial charge on any atom is -0.494 e. The van der Waals surface area contributed by atoms with Gasteiger partial charge in [-0.1, -0.05) is 6.07 Å². The van der Waals surface area contributed by atoms with E-state index in [-0.39, 0.29) is 16.0 Å². The van der Waals surface area contributed by atoms with Crippen LogP contribution in [0.5, 0.6) is 5.88 Å². The molecule has 21 heavy (non-hydrogen) atoms. The predicted molar refractivity (Wildman–Crippen MR) is 78.2 cm³/mol. The third-order valence-electron chi connectivity index (χ3n) is 2.40. The number of aromatic hydroxyl groups is 1. The number of aromatic amines is 2. The van der Waals surface area contributed by atoms with Gasteiger partial charge in [-0.2, -0.15) is 5.10 Å². The molecule has 2 aromatic rings. The van der Waals surface area contributed by atoms with Crippen LogP contribution in [-0.4, -0.2) is 26.2 Å². The lowest BCUT2D eigenvalue weighted by Gasteiger charge is -2.00. The molecule has 1 aromatic carbocycles. The molecule has 0 atom stereocenters. The maximum Gasteiger partial charge on any atom is 0.271 e. The minimum atomic E-state index is -0.610. The Morgan fingerprint density at radius 1 is 1.43 bits per heavy atom. The van der Waals surface area contributed by atoms with Crippen molar-refractivity contribution < 1.29 is 10.0 Å². The topological polar surface area (TPSA) is 136 Å². The zero-order valence-corrected chi connectivity index (χ0v) is 11.2. The standard InChI is InChI=1S/C11H9N5O4S/c17-9-8(10(18)14-11(21)13-9)5-12-15-6-2-1-3-7(4-6)16(19)20/h1-5,15H,(H3,13,14,17,18,21). The summed E-state index contributed by atoms with van der Waals surface area (Å²) in [5, 5.41) is 23.9. The largest absolute Gasteiger partial charge is 0.494 e. The second kappa shape index (κ2) is 5.96. The van der Waals surface area contributed by atoms with Gasteiger partial charge in [-0.25, -0.2) is 0 Å². The first kappa shape index (κ1) is 14.4. The van der Waals surface area contributed by atoms with E-state index < -0.39 is 16.4 Å². The van der Waals surface area contributed by atoms with E-state index in [4.69, 9.17) is 0 Å². The lowest BCUT2D eigenvalue weighted by Crippen LogP contribution is -2.14. The van der Waals surface area contributed by atoms with Crippen LogP contribution in [0.25, 0.3) is 0 Å². The number of hydrazone groups is 1. The van der Waals surface area contributed by atoms with E-state index in [0.29, 0.717) is 5.69 Å². The summed E-state index contributed by atoms with van der Waals surface area (Å²) in [4.78, 5) is 26.3. The molecule has 1 heterocycles. The first-order chi connectivity index (χ1) is 9.97. The van der Waals surface area contributed by atoms with E-state index in [0.717, 1.165) is 6.21 Å². The molecule has 1 aromatic heterocycles. The molecule has 0 unspecified atom stereocenters. The highest BCUT2D eigenvalue weighted by atomic mass is 32.1. The maximum absolute atomic E-state index is 11.5. The average molecular weight is 307 g/mol. The molecule has 0 aliphatic heterocycles. The number of hydrogen-bond donors (Lipinski definition) is 4. The van der Waals surface area contributed by atoms with Gasteiger partial charge in [-0.3, -0.25) is 25.3 Å². The average Bonchev–Trinajstić information content (AvgIpc) is 2.42. The minimum absolute atomic E-state index is 0.0127. The first-order valence-electron chi connectivity index (χ1n) is 5.56. The van der Waals surface area contributed by atoms with Crippen molar-refractivity contribution in [2.75, 3.05) is 5.43 Å². The van der Waals surface area contributed by atoms with Crippen molar-refractivity contribution >= 4 is 29.8 Å². The summed E-state index contributed by atoms with van der Waals surface area (Å²) in [7, 11) is 0. The molecule has 0 radical (unpaired) electrons. The van der Waals surface area contributed by atoms with E-state index in [1.54, 1.807) is 6.07 Å². The molecule has 9 nitrogen and oxygen atoms in total. The molecular formula is C11H9N5O4S. The van der Waals surface area contributed by atoms with E-state index in [1.165, 1.54) is 18.2 Å². The van der Waals surface area contributed by atoms with Crippen molar-refractivity contribution in [3.63, 3.8) is 0 Å². The van der Waals surface area contributed by atoms with Gasteiger partial charge in [0, 0.05) is 12.1 Å². The molecule has 0 saturated carbocycles. The van der Waals surface area contributed by atoms with E-state index in [9.17, 15) is 20.0 Å². The monoisotopic (exact) mass is 307 g/mol. The summed E-state index contributed by atoms with van der Waals surface area (Å²) in [6.45, 7) is 0. The number of nitro groups is 1. The molecule has 108 valence electrons. The second-order valence-corrected chi connectivity index (χ2v) is 4.26. The summed E-state index contributed by atoms with van der Waals surface area (Å²) in [5.41, 5.74) is 2.05. The number of hydrogen-bond acceptors (Lipinski definition) is 7. The Hall–Kier alpha value is -3.01. The van der Waals surface area contributed by atoms with Crippen LogP contribution >= 0.6 is 12.2 Å². The van der Waals surface area contributed by atoms with Crippen molar-refractivity contribution in [1.29, 1.82) is 0 Å². The number of nitrogens with zero attached hydrogens (tertiary/aromatic N) is 2. The molecule has 4 N–H and O–H groups in total. The molecule has 0 aliphatic rings. The number of anilines is 1. The highest BCUT2D eigenvalue weighted by molar-refractivity contribution is 7.71. The number of H-pyrrole nitrogens is 2. The Morgan fingerprint density at radius 3 is 2.86 bits per heavy atom. The number of nitro benzene ring substituents is 1. The van der Waals surface area contributed by atoms with Crippen molar-refractivity contribution in [2.45, 2.75) is 0 Å². The van der Waals surface area contributed by atoms with Gasteiger partial charge in [0.1, 0.15) is 5.56 Å². The Morgan fingerprint density at radius 2 is 2.19 bits per heavy atom. The van der Waals surface area contributed by atoms with Gasteiger partial charge in [0.2, 0.25) is 5.88 Å². The van der Waals surface area contributed by atoms with Crippen molar-refractivity contribution in [2.24, 2.45) is 5.10 Å². The lowest BCUT2D eigenvalue weighted by atomic mass is 10.3. The van der Waals surface area contributed by atoms with Gasteiger partial charge in [-0.15, -0.1) is 0 Å². The van der Waals surface area contributed by atoms with Gasteiger partial charge >= 0.3 is 0 Å². The molecule has 0 aliphatic carbocycles. The summed E-state index contributed by atoms with van der Waals surface area (Å²) in [5.74, 6) is -0.423. The van der Waals surface area contributed by atoms with Crippen LogP contribution in [0.2, 0.25) is 0 Å². The van der Waals surface area contributed by atoms with Crippen LogP contribution in [0.4, 0.5) is 11.4 Å². The molecule has 10 heteroatoms. The van der Waals surface area contributed by atoms with Gasteiger partial charge in [0.15, 0.2) is 4.77 Å². The van der Waals surface area contributed by atoms with Gasteiger partial charge in [-0.05, 0) is 18.3 Å². The second-order valence-electron chi connectivity index (χ2n) is 3.85. The molecule has 0 saturated heterocycles. The van der Waals surface area contributed by atoms with E-state index >= 15 is 0 Å². The zero-order chi connectivity index (χ0) is 15.4. The highest BCUT2D eigenvalue weighted by Crippen LogP contribution is 2.16. The first-order valence-corrected chi connectivity index (χ1v) is 5.97. The third kappa shape index (κ3) is 3.51. The number of aromatic nitrogens is 2. The summed E-state index contributed by atoms with van der Waals surface area (Å²) >= 11 is 4.68. The van der Waals surface area contributed by atoms with Crippen LogP contribution in [-0.2, 0) is 0 Å². The normalized spacial score (nSPS) is 10.7. The molecular weight excluding hydrogens is 298 g/mol.